The van der Waals surface area contributed by atoms with E-state index in [9.17, 15) is 9.18 Å². The smallest absolute Gasteiger partial charge is 0.317 e. The normalized spacial score (nSPS) is 15.2. The quantitative estimate of drug-likeness (QED) is 0.716. The zero-order valence-electron chi connectivity index (χ0n) is 17.4. The topological polar surface area (TPSA) is 72.4 Å². The number of benzene rings is 2. The summed E-state index contributed by atoms with van der Waals surface area (Å²) < 4.78 is 24.2. The standard InChI is InChI=1S/C22H26FN3O4/c1-4-24-22(27)26(13-15-6-5-7-17(23)10-15)14-18-12-19(25-30-18)16-8-9-20(28-2)21(11-16)29-3/h5-11,18H,4,12-14H2,1-3H3,(H,24,27). The summed E-state index contributed by atoms with van der Waals surface area (Å²) in [6, 6.07) is 11.5. The van der Waals surface area contributed by atoms with Gasteiger partial charge in [0.1, 0.15) is 5.82 Å². The van der Waals surface area contributed by atoms with Crippen molar-refractivity contribution in [2.24, 2.45) is 5.16 Å². The van der Waals surface area contributed by atoms with Gasteiger partial charge in [0.05, 0.1) is 26.5 Å². The minimum Gasteiger partial charge on any atom is -0.493 e. The molecule has 0 saturated heterocycles. The third-order valence-corrected chi connectivity index (χ3v) is 4.75. The second-order valence-electron chi connectivity index (χ2n) is 6.89. The zero-order valence-corrected chi connectivity index (χ0v) is 17.4. The van der Waals surface area contributed by atoms with E-state index in [1.807, 2.05) is 25.1 Å². The molecule has 1 aliphatic heterocycles. The molecule has 1 unspecified atom stereocenters. The van der Waals surface area contributed by atoms with Gasteiger partial charge >= 0.3 is 6.03 Å². The first-order chi connectivity index (χ1) is 14.5. The van der Waals surface area contributed by atoms with Gasteiger partial charge in [0.25, 0.3) is 0 Å². The van der Waals surface area contributed by atoms with Crippen molar-refractivity contribution in [3.8, 4) is 11.5 Å². The molecule has 1 aliphatic rings. The maximum absolute atomic E-state index is 13.5. The summed E-state index contributed by atoms with van der Waals surface area (Å²) in [5.41, 5.74) is 2.34. The molecule has 2 amide bonds. The number of hydrogen-bond donors (Lipinski definition) is 1. The Morgan fingerprint density at radius 2 is 2.03 bits per heavy atom. The van der Waals surface area contributed by atoms with E-state index in [1.54, 1.807) is 31.3 Å². The Morgan fingerprint density at radius 1 is 1.23 bits per heavy atom. The molecule has 7 nitrogen and oxygen atoms in total. The maximum Gasteiger partial charge on any atom is 0.317 e. The molecular formula is C22H26FN3O4. The summed E-state index contributed by atoms with van der Waals surface area (Å²) in [4.78, 5) is 19.7. The molecule has 0 bridgehead atoms. The second kappa shape index (κ2) is 9.96. The number of nitrogens with zero attached hydrogens (tertiary/aromatic N) is 2. The Bertz CT molecular complexity index is 919. The van der Waals surface area contributed by atoms with Crippen molar-refractivity contribution in [1.29, 1.82) is 0 Å². The molecule has 0 fully saturated rings. The monoisotopic (exact) mass is 415 g/mol. The predicted octanol–water partition coefficient (Wildman–Crippen LogP) is 3.57. The molecular weight excluding hydrogens is 389 g/mol. The molecule has 3 rings (SSSR count). The predicted molar refractivity (Wildman–Crippen MR) is 111 cm³/mol. The van der Waals surface area contributed by atoms with Crippen LogP contribution in [0.3, 0.4) is 0 Å². The van der Waals surface area contributed by atoms with Gasteiger partial charge in [-0.15, -0.1) is 0 Å². The molecule has 8 heteroatoms. The van der Waals surface area contributed by atoms with Gasteiger partial charge in [-0.3, -0.25) is 0 Å². The number of carbonyl (C=O) groups is 1. The maximum atomic E-state index is 13.5. The van der Waals surface area contributed by atoms with Crippen LogP contribution in [-0.2, 0) is 11.4 Å². The molecule has 1 heterocycles. The lowest BCUT2D eigenvalue weighted by molar-refractivity contribution is 0.0590. The van der Waals surface area contributed by atoms with Crippen molar-refractivity contribution in [3.05, 3.63) is 59.4 Å². The summed E-state index contributed by atoms with van der Waals surface area (Å²) in [7, 11) is 3.16. The molecule has 0 aromatic heterocycles. The molecule has 30 heavy (non-hydrogen) atoms. The van der Waals surface area contributed by atoms with Gasteiger partial charge in [-0.05, 0) is 42.8 Å². The second-order valence-corrected chi connectivity index (χ2v) is 6.89. The summed E-state index contributed by atoms with van der Waals surface area (Å²) >= 11 is 0. The van der Waals surface area contributed by atoms with Gasteiger partial charge < -0.3 is 24.5 Å². The van der Waals surface area contributed by atoms with Crippen LogP contribution < -0.4 is 14.8 Å². The lowest BCUT2D eigenvalue weighted by Crippen LogP contribution is -2.43. The highest BCUT2D eigenvalue weighted by Gasteiger charge is 2.27. The first-order valence-electron chi connectivity index (χ1n) is 9.76. The van der Waals surface area contributed by atoms with Crippen molar-refractivity contribution in [2.45, 2.75) is 26.0 Å². The van der Waals surface area contributed by atoms with Crippen LogP contribution in [0.5, 0.6) is 11.5 Å². The third kappa shape index (κ3) is 5.20. The van der Waals surface area contributed by atoms with E-state index in [0.717, 1.165) is 11.3 Å². The lowest BCUT2D eigenvalue weighted by Gasteiger charge is -2.25. The lowest BCUT2D eigenvalue weighted by atomic mass is 10.0. The van der Waals surface area contributed by atoms with E-state index in [-0.39, 0.29) is 24.5 Å². The molecule has 2 aromatic rings. The number of oxime groups is 1. The van der Waals surface area contributed by atoms with Gasteiger partial charge in [0.2, 0.25) is 0 Å². The van der Waals surface area contributed by atoms with Crippen LogP contribution in [-0.4, -0.2) is 50.1 Å². The highest BCUT2D eigenvalue weighted by Crippen LogP contribution is 2.29. The number of nitrogens with one attached hydrogen (secondary N) is 1. The molecule has 0 radical (unpaired) electrons. The van der Waals surface area contributed by atoms with E-state index in [2.05, 4.69) is 10.5 Å². The number of hydrogen-bond acceptors (Lipinski definition) is 5. The van der Waals surface area contributed by atoms with E-state index in [1.165, 1.54) is 12.1 Å². The fraction of sp³-hybridized carbons (Fsp3) is 0.364. The zero-order chi connectivity index (χ0) is 21.5. The molecule has 0 spiro atoms. The number of carbonyl (C=O) groups excluding carboxylic acids is 1. The van der Waals surface area contributed by atoms with Crippen LogP contribution in [0.2, 0.25) is 0 Å². The van der Waals surface area contributed by atoms with Crippen molar-refractivity contribution in [3.63, 3.8) is 0 Å². The number of rotatable bonds is 8. The molecule has 160 valence electrons. The van der Waals surface area contributed by atoms with Crippen LogP contribution in [0.25, 0.3) is 0 Å². The summed E-state index contributed by atoms with van der Waals surface area (Å²) in [6.45, 7) is 2.94. The van der Waals surface area contributed by atoms with Crippen molar-refractivity contribution in [2.75, 3.05) is 27.3 Å². The molecule has 0 aliphatic carbocycles. The molecule has 0 saturated carbocycles. The fourth-order valence-corrected chi connectivity index (χ4v) is 3.30. The van der Waals surface area contributed by atoms with E-state index < -0.39 is 0 Å². The van der Waals surface area contributed by atoms with Crippen molar-refractivity contribution < 1.29 is 23.5 Å². The van der Waals surface area contributed by atoms with Crippen LogP contribution in [0.1, 0.15) is 24.5 Å². The Morgan fingerprint density at radius 3 is 2.73 bits per heavy atom. The fourth-order valence-electron chi connectivity index (χ4n) is 3.30. The summed E-state index contributed by atoms with van der Waals surface area (Å²) in [6.07, 6.45) is 0.235. The SMILES string of the molecule is CCNC(=O)N(Cc1cccc(F)c1)CC1CC(c2ccc(OC)c(OC)c2)=NO1. The Labute approximate surface area is 175 Å². The molecule has 1 atom stereocenters. The first-order valence-corrected chi connectivity index (χ1v) is 9.76. The van der Waals surface area contributed by atoms with E-state index in [0.29, 0.717) is 36.6 Å². The average molecular weight is 415 g/mol. The van der Waals surface area contributed by atoms with Gasteiger partial charge in [-0.2, -0.15) is 0 Å². The molecule has 1 N–H and O–H groups in total. The van der Waals surface area contributed by atoms with Gasteiger partial charge in [-0.1, -0.05) is 17.3 Å². The van der Waals surface area contributed by atoms with E-state index >= 15 is 0 Å². The number of amides is 2. The summed E-state index contributed by atoms with van der Waals surface area (Å²) in [5, 5.41) is 6.99. The number of ether oxygens (including phenoxy) is 2. The van der Waals surface area contributed by atoms with Gasteiger partial charge in [0, 0.05) is 25.1 Å². The van der Waals surface area contributed by atoms with Crippen molar-refractivity contribution in [1.82, 2.24) is 10.2 Å². The number of halogens is 1. The van der Waals surface area contributed by atoms with Gasteiger partial charge in [-0.25, -0.2) is 9.18 Å². The highest BCUT2D eigenvalue weighted by molar-refractivity contribution is 6.01. The van der Waals surface area contributed by atoms with Crippen LogP contribution in [0.4, 0.5) is 9.18 Å². The highest BCUT2D eigenvalue weighted by atomic mass is 19.1. The van der Waals surface area contributed by atoms with Crippen LogP contribution in [0, 0.1) is 5.82 Å². The number of urea groups is 1. The Hall–Kier alpha value is -3.29. The van der Waals surface area contributed by atoms with Crippen LogP contribution >= 0.6 is 0 Å². The van der Waals surface area contributed by atoms with E-state index in [4.69, 9.17) is 14.3 Å². The summed E-state index contributed by atoms with van der Waals surface area (Å²) in [5.74, 6) is 0.908. The van der Waals surface area contributed by atoms with Crippen molar-refractivity contribution >= 4 is 11.7 Å². The molecule has 2 aromatic carbocycles. The number of methoxy groups -OCH3 is 2. The minimum absolute atomic E-state index is 0.232. The van der Waals surface area contributed by atoms with Gasteiger partial charge in [0.15, 0.2) is 17.6 Å². The Kier molecular flexibility index (Phi) is 7.11. The average Bonchev–Trinajstić information content (AvgIpc) is 3.21. The first kappa shape index (κ1) is 21.4. The minimum atomic E-state index is -0.334. The van der Waals surface area contributed by atoms with Crippen LogP contribution in [0.15, 0.2) is 47.6 Å². The Balaban J connectivity index is 1.68. The third-order valence-electron chi connectivity index (χ3n) is 4.75. The largest absolute Gasteiger partial charge is 0.493 e.